The third kappa shape index (κ3) is 1.44. The van der Waals surface area contributed by atoms with E-state index in [1.54, 1.807) is 6.07 Å². The van der Waals surface area contributed by atoms with Gasteiger partial charge in [-0.05, 0) is 11.6 Å². The van der Waals surface area contributed by atoms with Crippen LogP contribution in [0.15, 0.2) is 18.5 Å². The molecule has 0 radical (unpaired) electrons. The van der Waals surface area contributed by atoms with E-state index in [9.17, 15) is 8.76 Å². The molecule has 10 heavy (non-hydrogen) atoms. The van der Waals surface area contributed by atoms with Crippen molar-refractivity contribution in [2.75, 3.05) is 0 Å². The molecule has 0 amide bonds. The Hall–Kier alpha value is -0.650. The number of nitrogens with two attached hydrogens (primary N) is 1. The van der Waals surface area contributed by atoms with Gasteiger partial charge in [-0.1, -0.05) is 0 Å². The second-order valence-electron chi connectivity index (χ2n) is 1.80. The first kappa shape index (κ1) is 7.46. The van der Waals surface area contributed by atoms with Crippen LogP contribution in [-0.2, 0) is 17.8 Å². The highest BCUT2D eigenvalue weighted by Crippen LogP contribution is 1.99. The molecule has 0 fully saturated rings. The summed E-state index contributed by atoms with van der Waals surface area (Å²) in [5, 5.41) is 0. The highest BCUT2D eigenvalue weighted by molar-refractivity contribution is 7.77. The van der Waals surface area contributed by atoms with Crippen LogP contribution in [-0.4, -0.2) is 12.7 Å². The third-order valence-electron chi connectivity index (χ3n) is 1.14. The SMILES string of the molecule is NCc1ccn(S(=O)[O-])c1. The lowest BCUT2D eigenvalue weighted by molar-refractivity contribution is 0.528. The molecule has 0 aromatic carbocycles. The van der Waals surface area contributed by atoms with Crippen molar-refractivity contribution in [1.82, 2.24) is 3.97 Å². The Kier molecular flexibility index (Phi) is 2.21. The van der Waals surface area contributed by atoms with Gasteiger partial charge in [0, 0.05) is 18.9 Å². The van der Waals surface area contributed by atoms with Gasteiger partial charge in [0.15, 0.2) is 0 Å². The van der Waals surface area contributed by atoms with E-state index in [0.717, 1.165) is 9.54 Å². The predicted octanol–water partition coefficient (Wildman–Crippen LogP) is -0.411. The van der Waals surface area contributed by atoms with E-state index in [-0.39, 0.29) is 0 Å². The molecule has 0 bridgehead atoms. The zero-order chi connectivity index (χ0) is 7.56. The molecule has 1 rings (SSSR count). The van der Waals surface area contributed by atoms with Crippen molar-refractivity contribution >= 4 is 11.3 Å². The summed E-state index contributed by atoms with van der Waals surface area (Å²) in [6.45, 7) is 0.365. The largest absolute Gasteiger partial charge is 0.755 e. The van der Waals surface area contributed by atoms with Gasteiger partial charge in [-0.2, -0.15) is 0 Å². The van der Waals surface area contributed by atoms with Crippen molar-refractivity contribution in [2.45, 2.75) is 6.54 Å². The first-order chi connectivity index (χ1) is 4.74. The maximum absolute atomic E-state index is 10.3. The molecule has 56 valence electrons. The summed E-state index contributed by atoms with van der Waals surface area (Å²) >= 11 is -2.20. The lowest BCUT2D eigenvalue weighted by Crippen LogP contribution is -1.99. The van der Waals surface area contributed by atoms with Gasteiger partial charge in [0.1, 0.15) is 0 Å². The van der Waals surface area contributed by atoms with Gasteiger partial charge >= 0.3 is 0 Å². The fourth-order valence-corrected chi connectivity index (χ4v) is 1.01. The minimum atomic E-state index is -2.20. The van der Waals surface area contributed by atoms with Crippen LogP contribution in [0.5, 0.6) is 0 Å². The first-order valence-electron chi connectivity index (χ1n) is 2.70. The Morgan fingerprint density at radius 1 is 1.80 bits per heavy atom. The van der Waals surface area contributed by atoms with Gasteiger partial charge in [-0.3, -0.25) is 8.18 Å². The standard InChI is InChI=1S/C5H8N2O2S/c6-3-5-1-2-7(4-5)10(8)9/h1-2,4H,3,6H2,(H,8,9)/p-1. The highest BCUT2D eigenvalue weighted by Gasteiger charge is 1.92. The zero-order valence-electron chi connectivity index (χ0n) is 5.19. The Morgan fingerprint density at radius 2 is 2.50 bits per heavy atom. The van der Waals surface area contributed by atoms with E-state index in [4.69, 9.17) is 5.73 Å². The predicted molar refractivity (Wildman–Crippen MR) is 36.6 cm³/mol. The minimum absolute atomic E-state index is 0.365. The molecule has 2 N–H and O–H groups in total. The molecule has 1 aromatic rings. The number of aromatic nitrogens is 1. The van der Waals surface area contributed by atoms with Gasteiger partial charge in [-0.25, -0.2) is 0 Å². The molecule has 0 spiro atoms. The molecular weight excluding hydrogens is 152 g/mol. The van der Waals surface area contributed by atoms with Crippen molar-refractivity contribution in [1.29, 1.82) is 0 Å². The average Bonchev–Trinajstić information content (AvgIpc) is 2.34. The van der Waals surface area contributed by atoms with E-state index in [1.165, 1.54) is 12.4 Å². The van der Waals surface area contributed by atoms with Crippen molar-refractivity contribution in [3.63, 3.8) is 0 Å². The van der Waals surface area contributed by atoms with Crippen molar-refractivity contribution < 1.29 is 8.76 Å². The molecule has 1 unspecified atom stereocenters. The lowest BCUT2D eigenvalue weighted by Gasteiger charge is -2.03. The van der Waals surface area contributed by atoms with E-state index in [0.29, 0.717) is 6.54 Å². The summed E-state index contributed by atoms with van der Waals surface area (Å²) in [5.41, 5.74) is 6.06. The number of hydrogen-bond donors (Lipinski definition) is 1. The van der Waals surface area contributed by atoms with Crippen LogP contribution in [0.2, 0.25) is 0 Å². The minimum Gasteiger partial charge on any atom is -0.755 e. The van der Waals surface area contributed by atoms with Gasteiger partial charge in [0.05, 0.1) is 11.3 Å². The van der Waals surface area contributed by atoms with Crippen molar-refractivity contribution in [3.8, 4) is 0 Å². The fraction of sp³-hybridized carbons (Fsp3) is 0.200. The van der Waals surface area contributed by atoms with Crippen molar-refractivity contribution in [3.05, 3.63) is 24.0 Å². The molecule has 4 nitrogen and oxygen atoms in total. The smallest absolute Gasteiger partial charge is 0.0512 e. The zero-order valence-corrected chi connectivity index (χ0v) is 6.00. The molecule has 0 saturated heterocycles. The molecule has 1 aromatic heterocycles. The quantitative estimate of drug-likeness (QED) is 0.596. The van der Waals surface area contributed by atoms with Crippen LogP contribution in [0.4, 0.5) is 0 Å². The molecule has 5 heteroatoms. The first-order valence-corrected chi connectivity index (χ1v) is 3.74. The van der Waals surface area contributed by atoms with Crippen molar-refractivity contribution in [2.24, 2.45) is 5.73 Å². The monoisotopic (exact) mass is 159 g/mol. The van der Waals surface area contributed by atoms with Crippen LogP contribution in [0.3, 0.4) is 0 Å². The van der Waals surface area contributed by atoms with Gasteiger partial charge < -0.3 is 10.3 Å². The number of hydrogen-bond acceptors (Lipinski definition) is 3. The fourth-order valence-electron chi connectivity index (χ4n) is 0.632. The Morgan fingerprint density at radius 3 is 2.80 bits per heavy atom. The number of rotatable bonds is 2. The van der Waals surface area contributed by atoms with Gasteiger partial charge in [-0.15, -0.1) is 0 Å². The Labute approximate surface area is 61.1 Å². The van der Waals surface area contributed by atoms with E-state index >= 15 is 0 Å². The second kappa shape index (κ2) is 2.96. The average molecular weight is 159 g/mol. The molecular formula is C5H7N2O2S-. The van der Waals surface area contributed by atoms with Gasteiger partial charge in [0.25, 0.3) is 0 Å². The van der Waals surface area contributed by atoms with Crippen LogP contribution >= 0.6 is 0 Å². The van der Waals surface area contributed by atoms with Crippen LogP contribution in [0.25, 0.3) is 0 Å². The summed E-state index contributed by atoms with van der Waals surface area (Å²) in [4.78, 5) is 0. The van der Waals surface area contributed by atoms with E-state index in [1.807, 2.05) is 0 Å². The molecule has 1 heterocycles. The molecule has 0 aliphatic rings. The van der Waals surface area contributed by atoms with Crippen LogP contribution in [0, 0.1) is 0 Å². The second-order valence-corrected chi connectivity index (χ2v) is 2.66. The maximum Gasteiger partial charge on any atom is 0.0512 e. The van der Waals surface area contributed by atoms with Crippen LogP contribution in [0.1, 0.15) is 5.56 Å². The normalized spacial score (nSPS) is 13.4. The summed E-state index contributed by atoms with van der Waals surface area (Å²) in [7, 11) is 0. The third-order valence-corrected chi connectivity index (χ3v) is 1.71. The van der Waals surface area contributed by atoms with Gasteiger partial charge in [0.2, 0.25) is 0 Å². The number of nitrogens with zero attached hydrogens (tertiary/aromatic N) is 1. The Bertz CT molecular complexity index is 246. The summed E-state index contributed by atoms with van der Waals surface area (Å²) in [6.07, 6.45) is 2.93. The Balaban J connectivity index is 2.88. The topological polar surface area (TPSA) is 71.1 Å². The highest BCUT2D eigenvalue weighted by atomic mass is 32.2. The van der Waals surface area contributed by atoms with E-state index in [2.05, 4.69) is 0 Å². The molecule has 0 aliphatic carbocycles. The summed E-state index contributed by atoms with van der Waals surface area (Å²) < 4.78 is 21.6. The molecule has 0 aliphatic heterocycles. The molecule has 1 atom stereocenters. The summed E-state index contributed by atoms with van der Waals surface area (Å²) in [5.74, 6) is 0. The van der Waals surface area contributed by atoms with E-state index < -0.39 is 11.3 Å². The maximum atomic E-state index is 10.3. The van der Waals surface area contributed by atoms with Crippen LogP contribution < -0.4 is 5.73 Å². The molecule has 0 saturated carbocycles. The lowest BCUT2D eigenvalue weighted by atomic mass is 10.4. The summed E-state index contributed by atoms with van der Waals surface area (Å²) in [6, 6.07) is 1.66.